The molecule has 0 bridgehead atoms. The molecule has 2 aliphatic heterocycles. The highest BCUT2D eigenvalue weighted by Gasteiger charge is 2.34. The lowest BCUT2D eigenvalue weighted by molar-refractivity contribution is 0.166. The number of piperidine rings is 1. The number of aryl methyl sites for hydroxylation is 1. The Labute approximate surface area is 137 Å². The number of rotatable bonds is 4. The molecule has 3 rings (SSSR count). The summed E-state index contributed by atoms with van der Waals surface area (Å²) in [5, 5.41) is 25.8. The second kappa shape index (κ2) is 6.66. The molecule has 0 amide bonds. The molecular formula is C17H25N5O. The number of aliphatic hydroxyl groups is 1. The Morgan fingerprint density at radius 2 is 1.96 bits per heavy atom. The Hall–Kier alpha value is -1.95. The third-order valence-corrected chi connectivity index (χ3v) is 4.95. The largest absolute Gasteiger partial charge is 0.396 e. The molecule has 2 aliphatic rings. The number of aromatic nitrogens is 1. The third-order valence-electron chi connectivity index (χ3n) is 4.95. The normalized spacial score (nSPS) is 19.6. The van der Waals surface area contributed by atoms with Crippen LogP contribution in [0.3, 0.4) is 0 Å². The fraction of sp³-hybridized carbons (Fsp3) is 0.588. The average Bonchev–Trinajstić information content (AvgIpc) is 2.54. The molecular weight excluding hydrogens is 290 g/mol. The van der Waals surface area contributed by atoms with Gasteiger partial charge in [-0.25, -0.2) is 4.98 Å². The predicted molar refractivity (Wildman–Crippen MR) is 91.5 cm³/mol. The van der Waals surface area contributed by atoms with Crippen molar-refractivity contribution in [2.24, 2.45) is 11.8 Å². The van der Waals surface area contributed by atoms with Crippen molar-refractivity contribution >= 4 is 17.4 Å². The number of hydrogen-bond acceptors (Lipinski definition) is 5. The van der Waals surface area contributed by atoms with E-state index < -0.39 is 0 Å². The second-order valence-electron chi connectivity index (χ2n) is 6.67. The molecule has 3 N–H and O–H groups in total. The number of nitrogens with zero attached hydrogens (tertiary/aromatic N) is 3. The lowest BCUT2D eigenvalue weighted by atomic mass is 9.91. The summed E-state index contributed by atoms with van der Waals surface area (Å²) in [5.41, 5.74) is 1.59. The molecule has 23 heavy (non-hydrogen) atoms. The summed E-state index contributed by atoms with van der Waals surface area (Å²) in [5.74, 6) is 1.80. The highest BCUT2D eigenvalue weighted by molar-refractivity contribution is 6.40. The molecule has 0 unspecified atom stereocenters. The van der Waals surface area contributed by atoms with Gasteiger partial charge in [0, 0.05) is 44.9 Å². The number of aliphatic hydroxyl groups excluding tert-OH is 1. The first-order chi connectivity index (χ1) is 11.1. The van der Waals surface area contributed by atoms with E-state index in [1.165, 1.54) is 0 Å². The van der Waals surface area contributed by atoms with Crippen LogP contribution in [0.5, 0.6) is 0 Å². The maximum absolute atomic E-state index is 9.19. The molecule has 2 saturated heterocycles. The smallest absolute Gasteiger partial charge is 0.142 e. The van der Waals surface area contributed by atoms with Crippen molar-refractivity contribution < 1.29 is 5.11 Å². The van der Waals surface area contributed by atoms with Crippen molar-refractivity contribution in [3.8, 4) is 0 Å². The fourth-order valence-corrected chi connectivity index (χ4v) is 3.20. The van der Waals surface area contributed by atoms with Gasteiger partial charge in [0.2, 0.25) is 0 Å². The molecule has 1 aromatic rings. The van der Waals surface area contributed by atoms with E-state index in [2.05, 4.69) is 9.88 Å². The first-order valence-corrected chi connectivity index (χ1v) is 8.29. The van der Waals surface area contributed by atoms with Crippen LogP contribution in [-0.2, 0) is 0 Å². The summed E-state index contributed by atoms with van der Waals surface area (Å²) in [6, 6.07) is 4.06. The molecule has 0 saturated carbocycles. The van der Waals surface area contributed by atoms with Gasteiger partial charge in [-0.3, -0.25) is 5.41 Å². The quantitative estimate of drug-likeness (QED) is 0.581. The van der Waals surface area contributed by atoms with Gasteiger partial charge >= 0.3 is 0 Å². The maximum atomic E-state index is 9.19. The zero-order valence-electron chi connectivity index (χ0n) is 13.6. The summed E-state index contributed by atoms with van der Waals surface area (Å²) in [6.45, 7) is 5.35. The highest BCUT2D eigenvalue weighted by Crippen LogP contribution is 2.25. The first-order valence-electron chi connectivity index (χ1n) is 8.29. The van der Waals surface area contributed by atoms with Crippen LogP contribution in [-0.4, -0.2) is 59.3 Å². The molecule has 0 spiro atoms. The molecule has 124 valence electrons. The minimum Gasteiger partial charge on any atom is -0.396 e. The van der Waals surface area contributed by atoms with Crippen LogP contribution in [0.4, 0.5) is 5.82 Å². The number of nitrogens with one attached hydrogen (secondary N) is 2. The van der Waals surface area contributed by atoms with E-state index >= 15 is 0 Å². The van der Waals surface area contributed by atoms with Crippen LogP contribution in [0.2, 0.25) is 0 Å². The van der Waals surface area contributed by atoms with Crippen LogP contribution >= 0.6 is 0 Å². The molecule has 6 heteroatoms. The van der Waals surface area contributed by atoms with E-state index in [9.17, 15) is 5.11 Å². The van der Waals surface area contributed by atoms with E-state index in [-0.39, 0.29) is 12.5 Å². The molecule has 2 fully saturated rings. The SMILES string of the molecule is Cc1ccc(N2CC(C(=N)C(=N)N3CCC(CO)CC3)C2)nc1. The van der Waals surface area contributed by atoms with Gasteiger partial charge in [-0.1, -0.05) is 6.07 Å². The molecule has 6 nitrogen and oxygen atoms in total. The summed E-state index contributed by atoms with van der Waals surface area (Å²) in [7, 11) is 0. The van der Waals surface area contributed by atoms with Crippen LogP contribution in [0, 0.1) is 29.6 Å². The van der Waals surface area contributed by atoms with Crippen molar-refractivity contribution in [3.05, 3.63) is 23.9 Å². The predicted octanol–water partition coefficient (Wildman–Crippen LogP) is 1.53. The monoisotopic (exact) mass is 315 g/mol. The van der Waals surface area contributed by atoms with Crippen LogP contribution in [0.25, 0.3) is 0 Å². The van der Waals surface area contributed by atoms with Gasteiger partial charge < -0.3 is 20.3 Å². The minimum absolute atomic E-state index is 0.126. The van der Waals surface area contributed by atoms with E-state index in [0.717, 1.165) is 50.4 Å². The molecule has 0 aromatic carbocycles. The number of amidine groups is 1. The van der Waals surface area contributed by atoms with Crippen molar-refractivity contribution in [2.45, 2.75) is 19.8 Å². The molecule has 3 heterocycles. The van der Waals surface area contributed by atoms with Crippen molar-refractivity contribution in [1.29, 1.82) is 10.8 Å². The van der Waals surface area contributed by atoms with Crippen molar-refractivity contribution in [3.63, 3.8) is 0 Å². The summed E-state index contributed by atoms with van der Waals surface area (Å²) < 4.78 is 0. The van der Waals surface area contributed by atoms with Gasteiger partial charge in [0.25, 0.3) is 0 Å². The number of anilines is 1. The number of pyridine rings is 1. The molecule has 0 atom stereocenters. The Balaban J connectivity index is 1.50. The van der Waals surface area contributed by atoms with E-state index in [1.807, 2.05) is 30.2 Å². The summed E-state index contributed by atoms with van der Waals surface area (Å²) in [4.78, 5) is 8.56. The fourth-order valence-electron chi connectivity index (χ4n) is 3.20. The maximum Gasteiger partial charge on any atom is 0.142 e. The first kappa shape index (κ1) is 15.9. The summed E-state index contributed by atoms with van der Waals surface area (Å²) >= 11 is 0. The van der Waals surface area contributed by atoms with Gasteiger partial charge in [-0.05, 0) is 37.3 Å². The van der Waals surface area contributed by atoms with Gasteiger partial charge in [0.05, 0.1) is 5.71 Å². The Morgan fingerprint density at radius 3 is 2.52 bits per heavy atom. The average molecular weight is 315 g/mol. The summed E-state index contributed by atoms with van der Waals surface area (Å²) in [6.07, 6.45) is 3.69. The standard InChI is InChI=1S/C17H25N5O/c1-12-2-3-15(20-8-12)22-9-14(10-22)16(18)17(19)21-6-4-13(11-23)5-7-21/h2-3,8,13-14,18-19,23H,4-7,9-11H2,1H3. The van der Waals surface area contributed by atoms with Crippen LogP contribution in [0.15, 0.2) is 18.3 Å². The topological polar surface area (TPSA) is 87.3 Å². The van der Waals surface area contributed by atoms with E-state index in [1.54, 1.807) is 0 Å². The molecule has 1 aromatic heterocycles. The van der Waals surface area contributed by atoms with Crippen molar-refractivity contribution in [1.82, 2.24) is 9.88 Å². The van der Waals surface area contributed by atoms with Gasteiger partial charge in [-0.15, -0.1) is 0 Å². The van der Waals surface area contributed by atoms with Gasteiger partial charge in [-0.2, -0.15) is 0 Å². The molecule has 0 aliphatic carbocycles. The number of hydrogen-bond donors (Lipinski definition) is 3. The lowest BCUT2D eigenvalue weighted by Gasteiger charge is -2.42. The van der Waals surface area contributed by atoms with Gasteiger partial charge in [0.1, 0.15) is 11.7 Å². The molecule has 0 radical (unpaired) electrons. The van der Waals surface area contributed by atoms with E-state index in [4.69, 9.17) is 10.8 Å². The third kappa shape index (κ3) is 3.37. The minimum atomic E-state index is 0.126. The second-order valence-corrected chi connectivity index (χ2v) is 6.67. The Bertz CT molecular complexity index is 571. The van der Waals surface area contributed by atoms with E-state index in [0.29, 0.717) is 17.5 Å². The number of likely N-dealkylation sites (tertiary alicyclic amines) is 1. The van der Waals surface area contributed by atoms with Gasteiger partial charge in [0.15, 0.2) is 0 Å². The van der Waals surface area contributed by atoms with Crippen LogP contribution < -0.4 is 4.90 Å². The van der Waals surface area contributed by atoms with Crippen molar-refractivity contribution in [2.75, 3.05) is 37.7 Å². The Morgan fingerprint density at radius 1 is 1.26 bits per heavy atom. The zero-order valence-corrected chi connectivity index (χ0v) is 13.6. The zero-order chi connectivity index (χ0) is 16.4. The lowest BCUT2D eigenvalue weighted by Crippen LogP contribution is -2.55. The Kier molecular flexibility index (Phi) is 4.61. The van der Waals surface area contributed by atoms with Crippen LogP contribution in [0.1, 0.15) is 18.4 Å². The highest BCUT2D eigenvalue weighted by atomic mass is 16.3.